The number of carbonyl (C=O) groups excluding carboxylic acids is 1. The van der Waals surface area contributed by atoms with Gasteiger partial charge in [0.15, 0.2) is 0 Å². The monoisotopic (exact) mass is 415 g/mol. The van der Waals surface area contributed by atoms with Crippen molar-refractivity contribution < 1.29 is 17.9 Å². The average Bonchev–Trinajstić information content (AvgIpc) is 3.22. The second kappa shape index (κ2) is 8.22. The summed E-state index contributed by atoms with van der Waals surface area (Å²) in [4.78, 5) is 18.8. The van der Waals surface area contributed by atoms with Crippen LogP contribution in [0.2, 0.25) is 0 Å². The Morgan fingerprint density at radius 3 is 2.72 bits per heavy atom. The van der Waals surface area contributed by atoms with Gasteiger partial charge < -0.3 is 9.64 Å². The molecule has 8 heteroatoms. The van der Waals surface area contributed by atoms with Gasteiger partial charge in [0.1, 0.15) is 0 Å². The van der Waals surface area contributed by atoms with E-state index in [9.17, 15) is 13.2 Å². The molecule has 0 saturated carbocycles. The van der Waals surface area contributed by atoms with E-state index in [0.717, 1.165) is 24.0 Å². The van der Waals surface area contributed by atoms with Crippen LogP contribution in [0.25, 0.3) is 0 Å². The van der Waals surface area contributed by atoms with E-state index in [1.165, 1.54) is 0 Å². The molecule has 3 heterocycles. The van der Waals surface area contributed by atoms with Crippen LogP contribution in [0.4, 0.5) is 0 Å². The van der Waals surface area contributed by atoms with E-state index in [-0.39, 0.29) is 16.8 Å². The zero-order chi connectivity index (χ0) is 20.4. The zero-order valence-corrected chi connectivity index (χ0v) is 17.3. The molecule has 1 atom stereocenters. The largest absolute Gasteiger partial charge is 0.383 e. The van der Waals surface area contributed by atoms with Gasteiger partial charge in [0, 0.05) is 50.7 Å². The highest BCUT2D eigenvalue weighted by atomic mass is 32.2. The van der Waals surface area contributed by atoms with Gasteiger partial charge in [0.2, 0.25) is 10.0 Å². The molecule has 0 N–H and O–H groups in total. The molecule has 1 aromatic heterocycles. The Kier molecular flexibility index (Phi) is 5.67. The third-order valence-electron chi connectivity index (χ3n) is 5.69. The molecule has 1 fully saturated rings. The fourth-order valence-electron chi connectivity index (χ4n) is 4.16. The van der Waals surface area contributed by atoms with Crippen LogP contribution in [0.5, 0.6) is 0 Å². The van der Waals surface area contributed by atoms with Gasteiger partial charge in [0.25, 0.3) is 5.91 Å². The van der Waals surface area contributed by atoms with Crippen molar-refractivity contribution in [1.29, 1.82) is 0 Å². The van der Waals surface area contributed by atoms with Crippen molar-refractivity contribution in [3.63, 3.8) is 0 Å². The highest BCUT2D eigenvalue weighted by Crippen LogP contribution is 2.29. The Morgan fingerprint density at radius 1 is 1.17 bits per heavy atom. The number of hydrogen-bond donors (Lipinski definition) is 0. The summed E-state index contributed by atoms with van der Waals surface area (Å²) >= 11 is 0. The van der Waals surface area contributed by atoms with Crippen molar-refractivity contribution in [1.82, 2.24) is 14.2 Å². The van der Waals surface area contributed by atoms with Crippen LogP contribution in [-0.2, 0) is 27.7 Å². The van der Waals surface area contributed by atoms with Crippen LogP contribution in [0, 0.1) is 0 Å². The number of carbonyl (C=O) groups is 1. The number of sulfonamides is 1. The lowest BCUT2D eigenvalue weighted by Crippen LogP contribution is -2.38. The van der Waals surface area contributed by atoms with E-state index >= 15 is 0 Å². The molecule has 2 aliphatic rings. The molecule has 1 aromatic carbocycles. The molecule has 154 valence electrons. The van der Waals surface area contributed by atoms with Gasteiger partial charge in [-0.25, -0.2) is 8.42 Å². The fraction of sp³-hybridized carbons (Fsp3) is 0.429. The minimum atomic E-state index is -3.59. The average molecular weight is 416 g/mol. The number of aromatic nitrogens is 1. The first kappa shape index (κ1) is 20.0. The number of hydrogen-bond acceptors (Lipinski definition) is 5. The number of methoxy groups -OCH3 is 1. The van der Waals surface area contributed by atoms with Gasteiger partial charge in [-0.2, -0.15) is 4.31 Å². The van der Waals surface area contributed by atoms with E-state index in [1.54, 1.807) is 53.0 Å². The van der Waals surface area contributed by atoms with E-state index < -0.39 is 10.0 Å². The Morgan fingerprint density at radius 2 is 1.97 bits per heavy atom. The van der Waals surface area contributed by atoms with Crippen LogP contribution in [0.3, 0.4) is 0 Å². The molecule has 2 aromatic rings. The smallest absolute Gasteiger partial charge is 0.254 e. The molecular formula is C21H25N3O4S. The van der Waals surface area contributed by atoms with E-state index in [4.69, 9.17) is 4.74 Å². The molecule has 0 unspecified atom stereocenters. The summed E-state index contributed by atoms with van der Waals surface area (Å²) in [5.74, 6) is -0.0639. The molecule has 0 aliphatic carbocycles. The number of pyridine rings is 1. The SMILES string of the molecule is COC[C@H]1CCCN1S(=O)(=O)c1ccc2c(c1)CN(C(=O)c1ccncc1)CC2. The first-order valence-corrected chi connectivity index (χ1v) is 11.3. The van der Waals surface area contributed by atoms with Crippen molar-refractivity contribution in [2.24, 2.45) is 0 Å². The first-order valence-electron chi connectivity index (χ1n) is 9.82. The molecule has 0 spiro atoms. The summed E-state index contributed by atoms with van der Waals surface area (Å²) in [6.07, 6.45) is 5.56. The molecule has 0 radical (unpaired) electrons. The Hall–Kier alpha value is -2.29. The maximum absolute atomic E-state index is 13.2. The van der Waals surface area contributed by atoms with E-state index in [1.807, 2.05) is 6.07 Å². The topological polar surface area (TPSA) is 79.8 Å². The first-order chi connectivity index (χ1) is 14.0. The molecule has 2 aliphatic heterocycles. The van der Waals surface area contributed by atoms with Crippen LogP contribution in [0.15, 0.2) is 47.6 Å². The quantitative estimate of drug-likeness (QED) is 0.747. The fourth-order valence-corrected chi connectivity index (χ4v) is 5.89. The van der Waals surface area contributed by atoms with Crippen molar-refractivity contribution in [3.05, 3.63) is 59.4 Å². The number of fused-ring (bicyclic) bond motifs is 1. The van der Waals surface area contributed by atoms with Crippen molar-refractivity contribution in [3.8, 4) is 0 Å². The lowest BCUT2D eigenvalue weighted by Gasteiger charge is -2.30. The lowest BCUT2D eigenvalue weighted by molar-refractivity contribution is 0.0734. The summed E-state index contributed by atoms with van der Waals surface area (Å²) in [5.41, 5.74) is 2.58. The molecule has 0 bridgehead atoms. The Balaban J connectivity index is 1.58. The van der Waals surface area contributed by atoms with Gasteiger partial charge in [-0.05, 0) is 54.7 Å². The molecule has 1 amide bonds. The third-order valence-corrected chi connectivity index (χ3v) is 7.64. The molecule has 1 saturated heterocycles. The number of nitrogens with zero attached hydrogens (tertiary/aromatic N) is 3. The second-order valence-corrected chi connectivity index (χ2v) is 9.40. The minimum absolute atomic E-state index is 0.0639. The Bertz CT molecular complexity index is 994. The van der Waals surface area contributed by atoms with Crippen LogP contribution >= 0.6 is 0 Å². The highest BCUT2D eigenvalue weighted by Gasteiger charge is 2.35. The van der Waals surface area contributed by atoms with Gasteiger partial charge in [0.05, 0.1) is 11.5 Å². The zero-order valence-electron chi connectivity index (χ0n) is 16.5. The predicted molar refractivity (Wildman–Crippen MR) is 108 cm³/mol. The Labute approximate surface area is 171 Å². The van der Waals surface area contributed by atoms with Gasteiger partial charge in [-0.1, -0.05) is 6.07 Å². The highest BCUT2D eigenvalue weighted by molar-refractivity contribution is 7.89. The summed E-state index contributed by atoms with van der Waals surface area (Å²) in [5, 5.41) is 0. The van der Waals surface area contributed by atoms with Crippen molar-refractivity contribution in [2.75, 3.05) is 26.8 Å². The number of rotatable bonds is 5. The maximum Gasteiger partial charge on any atom is 0.254 e. The number of benzene rings is 1. The van der Waals surface area contributed by atoms with E-state index in [0.29, 0.717) is 38.2 Å². The minimum Gasteiger partial charge on any atom is -0.383 e. The van der Waals surface area contributed by atoms with Gasteiger partial charge >= 0.3 is 0 Å². The lowest BCUT2D eigenvalue weighted by atomic mass is 9.99. The maximum atomic E-state index is 13.2. The van der Waals surface area contributed by atoms with Crippen molar-refractivity contribution >= 4 is 15.9 Å². The van der Waals surface area contributed by atoms with E-state index in [2.05, 4.69) is 4.98 Å². The number of ether oxygens (including phenoxy) is 1. The molecular weight excluding hydrogens is 390 g/mol. The summed E-state index contributed by atoms with van der Waals surface area (Å²) < 4.78 is 33.2. The van der Waals surface area contributed by atoms with Crippen LogP contribution in [0.1, 0.15) is 34.3 Å². The molecule has 4 rings (SSSR count). The third kappa shape index (κ3) is 3.92. The second-order valence-electron chi connectivity index (χ2n) is 7.51. The van der Waals surface area contributed by atoms with Crippen molar-refractivity contribution in [2.45, 2.75) is 36.7 Å². The predicted octanol–water partition coefficient (Wildman–Crippen LogP) is 2.08. The summed E-state index contributed by atoms with van der Waals surface area (Å²) in [6.45, 7) is 1.93. The molecule has 29 heavy (non-hydrogen) atoms. The van der Waals surface area contributed by atoms with Crippen LogP contribution < -0.4 is 0 Å². The standard InChI is InChI=1S/C21H25N3O4S/c1-28-15-19-3-2-11-24(19)29(26,27)20-5-4-16-8-12-23(14-18(16)13-20)21(25)17-6-9-22-10-7-17/h4-7,9-10,13,19H,2-3,8,11-12,14-15H2,1H3/t19-/m1/s1. The normalized spacial score (nSPS) is 19.9. The summed E-state index contributed by atoms with van der Waals surface area (Å²) in [6, 6.07) is 8.59. The number of amides is 1. The van der Waals surface area contributed by atoms with Crippen LogP contribution in [-0.4, -0.2) is 61.4 Å². The summed E-state index contributed by atoms with van der Waals surface area (Å²) in [7, 11) is -2.00. The van der Waals surface area contributed by atoms with Gasteiger partial charge in [-0.3, -0.25) is 9.78 Å². The van der Waals surface area contributed by atoms with Gasteiger partial charge in [-0.15, -0.1) is 0 Å². The molecule has 7 nitrogen and oxygen atoms in total.